The van der Waals surface area contributed by atoms with Gasteiger partial charge in [0.2, 0.25) is 5.89 Å². The molecule has 1 aliphatic rings. The first kappa shape index (κ1) is 23.1. The predicted octanol–water partition coefficient (Wildman–Crippen LogP) is 8.36. The van der Waals surface area contributed by atoms with Crippen LogP contribution in [0.25, 0.3) is 34.4 Å². The van der Waals surface area contributed by atoms with Gasteiger partial charge in [0.1, 0.15) is 0 Å². The van der Waals surface area contributed by atoms with Crippen LogP contribution in [0.2, 0.25) is 20.1 Å². The van der Waals surface area contributed by atoms with Crippen LogP contribution in [0.3, 0.4) is 0 Å². The number of nitrogens with zero attached hydrogens (tertiary/aromatic N) is 2. The summed E-state index contributed by atoms with van der Waals surface area (Å²) in [6.07, 6.45) is 1.48. The molecule has 0 fully saturated rings. The van der Waals surface area contributed by atoms with E-state index in [9.17, 15) is 9.59 Å². The summed E-state index contributed by atoms with van der Waals surface area (Å²) < 4.78 is 7.85. The second-order valence-corrected chi connectivity index (χ2v) is 9.55. The van der Waals surface area contributed by atoms with Crippen molar-refractivity contribution in [2.75, 3.05) is 0 Å². The van der Waals surface area contributed by atoms with E-state index in [4.69, 9.17) is 55.8 Å². The standard InChI is InChI=1S/C27H12Cl4N2O3/c28-20-18-19(21(29)23(31)22(20)30)25(35)16(24(18)34)11-15-12-17-26(33(15)14-9-5-2-6-10-14)32-27(36-17)13-7-3-1-4-8-13/h1-12H. The Kier molecular flexibility index (Phi) is 5.54. The highest BCUT2D eigenvalue weighted by atomic mass is 35.5. The molecule has 6 rings (SSSR count). The van der Waals surface area contributed by atoms with Gasteiger partial charge in [-0.25, -0.2) is 0 Å². The lowest BCUT2D eigenvalue weighted by Crippen LogP contribution is -2.03. The van der Waals surface area contributed by atoms with E-state index in [1.54, 1.807) is 6.07 Å². The molecule has 0 unspecified atom stereocenters. The van der Waals surface area contributed by atoms with Gasteiger partial charge in [0.05, 0.1) is 42.5 Å². The van der Waals surface area contributed by atoms with E-state index < -0.39 is 11.6 Å². The zero-order chi connectivity index (χ0) is 25.1. The SMILES string of the molecule is O=C1C(=Cc2cc3oc(-c4ccccc4)nc3n2-c2ccccc2)C(=O)c2c(Cl)c(Cl)c(Cl)c(Cl)c21. The first-order valence-corrected chi connectivity index (χ1v) is 12.2. The number of ketones is 2. The van der Waals surface area contributed by atoms with Gasteiger partial charge in [0.15, 0.2) is 22.8 Å². The Balaban J connectivity index is 1.56. The third kappa shape index (κ3) is 3.43. The van der Waals surface area contributed by atoms with Crippen LogP contribution in [0.4, 0.5) is 0 Å². The van der Waals surface area contributed by atoms with E-state index in [2.05, 4.69) is 0 Å². The van der Waals surface area contributed by atoms with Gasteiger partial charge in [-0.15, -0.1) is 0 Å². The average molecular weight is 554 g/mol. The Bertz CT molecular complexity index is 1700. The summed E-state index contributed by atoms with van der Waals surface area (Å²) in [5, 5.41) is -0.368. The zero-order valence-electron chi connectivity index (χ0n) is 18.1. The van der Waals surface area contributed by atoms with Crippen molar-refractivity contribution in [3.63, 3.8) is 0 Å². The summed E-state index contributed by atoms with van der Waals surface area (Å²) in [4.78, 5) is 31.3. The van der Waals surface area contributed by atoms with Crippen molar-refractivity contribution in [2.24, 2.45) is 0 Å². The van der Waals surface area contributed by atoms with Crippen molar-refractivity contribution >= 4 is 75.3 Å². The van der Waals surface area contributed by atoms with Gasteiger partial charge in [-0.05, 0) is 30.3 Å². The maximum absolute atomic E-state index is 13.3. The number of Topliss-reactive ketones (excluding diaryl/α,β-unsaturated/α-hetero) is 2. The number of fused-ring (bicyclic) bond motifs is 2. The van der Waals surface area contributed by atoms with E-state index in [0.29, 0.717) is 22.8 Å². The lowest BCUT2D eigenvalue weighted by molar-refractivity contribution is 0.0990. The molecule has 1 aliphatic carbocycles. The van der Waals surface area contributed by atoms with Crippen LogP contribution < -0.4 is 0 Å². The van der Waals surface area contributed by atoms with Gasteiger partial charge >= 0.3 is 0 Å². The van der Waals surface area contributed by atoms with Crippen LogP contribution in [0.1, 0.15) is 26.4 Å². The Morgan fingerprint density at radius 3 is 1.89 bits per heavy atom. The summed E-state index contributed by atoms with van der Waals surface area (Å²) in [6, 6.07) is 20.6. The fourth-order valence-electron chi connectivity index (χ4n) is 4.27. The summed E-state index contributed by atoms with van der Waals surface area (Å²) in [5.74, 6) is -0.723. The van der Waals surface area contributed by atoms with Crippen LogP contribution in [0.15, 0.2) is 76.7 Å². The molecule has 3 aromatic carbocycles. The zero-order valence-corrected chi connectivity index (χ0v) is 21.1. The Hall–Kier alpha value is -3.35. The highest BCUT2D eigenvalue weighted by Gasteiger charge is 2.40. The minimum absolute atomic E-state index is 0.0571. The smallest absolute Gasteiger partial charge is 0.228 e. The monoisotopic (exact) mass is 552 g/mol. The van der Waals surface area contributed by atoms with E-state index in [0.717, 1.165) is 11.3 Å². The normalized spacial score (nSPS) is 13.1. The topological polar surface area (TPSA) is 65.1 Å². The number of benzene rings is 3. The number of para-hydroxylation sites is 1. The van der Waals surface area contributed by atoms with E-state index in [-0.39, 0.29) is 36.8 Å². The third-order valence-corrected chi connectivity index (χ3v) is 7.72. The average Bonchev–Trinajstić information content (AvgIpc) is 3.53. The van der Waals surface area contributed by atoms with Crippen molar-refractivity contribution in [1.82, 2.24) is 9.55 Å². The number of halogens is 4. The van der Waals surface area contributed by atoms with Crippen molar-refractivity contribution < 1.29 is 14.0 Å². The molecule has 9 heteroatoms. The molecular weight excluding hydrogens is 542 g/mol. The van der Waals surface area contributed by atoms with Gasteiger partial charge in [0, 0.05) is 17.3 Å². The van der Waals surface area contributed by atoms with Gasteiger partial charge in [-0.1, -0.05) is 82.8 Å². The number of carbonyl (C=O) groups is 2. The lowest BCUT2D eigenvalue weighted by atomic mass is 10.1. The molecule has 5 nitrogen and oxygen atoms in total. The Morgan fingerprint density at radius 2 is 1.31 bits per heavy atom. The van der Waals surface area contributed by atoms with Crippen LogP contribution in [0.5, 0.6) is 0 Å². The van der Waals surface area contributed by atoms with Crippen LogP contribution in [-0.2, 0) is 0 Å². The number of hydrogen-bond acceptors (Lipinski definition) is 4. The van der Waals surface area contributed by atoms with Gasteiger partial charge in [0.25, 0.3) is 0 Å². The molecule has 0 amide bonds. The molecule has 5 aromatic rings. The highest BCUT2D eigenvalue weighted by molar-refractivity contribution is 6.57. The van der Waals surface area contributed by atoms with E-state index in [1.165, 1.54) is 6.08 Å². The minimum Gasteiger partial charge on any atom is -0.434 e. The summed E-state index contributed by atoms with van der Waals surface area (Å²) in [7, 11) is 0. The molecule has 0 saturated carbocycles. The van der Waals surface area contributed by atoms with Gasteiger partial charge < -0.3 is 4.42 Å². The number of carbonyl (C=O) groups excluding carboxylic acids is 2. The predicted molar refractivity (Wildman–Crippen MR) is 142 cm³/mol. The minimum atomic E-state index is -0.587. The van der Waals surface area contributed by atoms with Crippen molar-refractivity contribution in [3.05, 3.63) is 109 Å². The third-order valence-electron chi connectivity index (χ3n) is 5.92. The number of aromatic nitrogens is 2. The van der Waals surface area contributed by atoms with Gasteiger partial charge in [-0.2, -0.15) is 4.98 Å². The first-order valence-electron chi connectivity index (χ1n) is 10.7. The molecule has 0 aliphatic heterocycles. The summed E-state index contributed by atoms with van der Waals surface area (Å²) in [5.41, 5.74) is 2.89. The van der Waals surface area contributed by atoms with Crippen LogP contribution >= 0.6 is 46.4 Å². The molecular formula is C27H12Cl4N2O3. The maximum Gasteiger partial charge on any atom is 0.228 e. The number of hydrogen-bond donors (Lipinski definition) is 0. The summed E-state index contributed by atoms with van der Waals surface area (Å²) in [6.45, 7) is 0. The summed E-state index contributed by atoms with van der Waals surface area (Å²) >= 11 is 24.9. The number of oxazole rings is 1. The molecule has 0 bridgehead atoms. The molecule has 0 spiro atoms. The molecule has 176 valence electrons. The van der Waals surface area contributed by atoms with Crippen molar-refractivity contribution in [1.29, 1.82) is 0 Å². The first-order chi connectivity index (χ1) is 17.4. The largest absolute Gasteiger partial charge is 0.434 e. The van der Waals surface area contributed by atoms with E-state index in [1.807, 2.05) is 65.2 Å². The highest BCUT2D eigenvalue weighted by Crippen LogP contribution is 2.46. The quantitative estimate of drug-likeness (QED) is 0.0974. The van der Waals surface area contributed by atoms with Crippen molar-refractivity contribution in [2.45, 2.75) is 0 Å². The number of allylic oxidation sites excluding steroid dienone is 1. The molecule has 2 heterocycles. The van der Waals surface area contributed by atoms with Crippen molar-refractivity contribution in [3.8, 4) is 17.1 Å². The van der Waals surface area contributed by atoms with Crippen LogP contribution in [-0.4, -0.2) is 21.1 Å². The van der Waals surface area contributed by atoms with E-state index >= 15 is 0 Å². The molecule has 0 saturated heterocycles. The molecule has 36 heavy (non-hydrogen) atoms. The second kappa shape index (κ2) is 8.64. The Morgan fingerprint density at radius 1 is 0.750 bits per heavy atom. The van der Waals surface area contributed by atoms with Crippen LogP contribution in [0, 0.1) is 0 Å². The van der Waals surface area contributed by atoms with Gasteiger partial charge in [-0.3, -0.25) is 14.2 Å². The molecule has 0 atom stereocenters. The maximum atomic E-state index is 13.3. The fraction of sp³-hybridized carbons (Fsp3) is 0. The fourth-order valence-corrected chi connectivity index (χ4v) is 5.29. The number of rotatable bonds is 3. The second-order valence-electron chi connectivity index (χ2n) is 8.04. The lowest BCUT2D eigenvalue weighted by Gasteiger charge is -2.07. The molecule has 0 radical (unpaired) electrons. The molecule has 0 N–H and O–H groups in total. The Labute approximate surface area is 224 Å². The molecule has 2 aromatic heterocycles.